The Balaban J connectivity index is 2.90. The van der Waals surface area contributed by atoms with Gasteiger partial charge in [0.25, 0.3) is 0 Å². The lowest BCUT2D eigenvalue weighted by atomic mass is 10.3. The van der Waals surface area contributed by atoms with Gasteiger partial charge in [-0.2, -0.15) is 0 Å². The molecule has 8 nitrogen and oxygen atoms in total. The smallest absolute Gasteiger partial charge is 0.248 e. The first-order chi connectivity index (χ1) is 11.0. The van der Waals surface area contributed by atoms with Crippen molar-refractivity contribution in [2.75, 3.05) is 54.7 Å². The third-order valence-electron chi connectivity index (χ3n) is 3.02. The van der Waals surface area contributed by atoms with Crippen LogP contribution in [0.4, 0.5) is 0 Å². The van der Waals surface area contributed by atoms with E-state index in [1.54, 1.807) is 7.11 Å². The van der Waals surface area contributed by atoms with E-state index < -0.39 is 10.0 Å². The fourth-order valence-electron chi connectivity index (χ4n) is 1.88. The van der Waals surface area contributed by atoms with Crippen LogP contribution in [0.1, 0.15) is 0 Å². The van der Waals surface area contributed by atoms with Gasteiger partial charge in [0.2, 0.25) is 10.0 Å². The molecule has 0 aliphatic carbocycles. The number of rotatable bonds is 11. The lowest BCUT2D eigenvalue weighted by molar-refractivity contribution is 0.199. The molecule has 0 radical (unpaired) electrons. The highest BCUT2D eigenvalue weighted by Gasteiger charge is 2.25. The van der Waals surface area contributed by atoms with Gasteiger partial charge in [-0.15, -0.1) is 0 Å². The highest BCUT2D eigenvalue weighted by Crippen LogP contribution is 2.37. The minimum atomic E-state index is -3.79. The van der Waals surface area contributed by atoms with Gasteiger partial charge in [0, 0.05) is 38.9 Å². The maximum absolute atomic E-state index is 12.5. The van der Waals surface area contributed by atoms with Crippen molar-refractivity contribution in [1.29, 1.82) is 0 Å². The average Bonchev–Trinajstić information content (AvgIpc) is 2.56. The summed E-state index contributed by atoms with van der Waals surface area (Å²) in [6, 6.07) is 2.99. The maximum atomic E-state index is 12.5. The summed E-state index contributed by atoms with van der Waals surface area (Å²) >= 11 is 0. The topological polar surface area (TPSA) is 95.1 Å². The van der Waals surface area contributed by atoms with Crippen LogP contribution < -0.4 is 24.2 Å². The van der Waals surface area contributed by atoms with Gasteiger partial charge in [0.05, 0.1) is 27.9 Å². The number of sulfonamides is 1. The van der Waals surface area contributed by atoms with Gasteiger partial charge in [0.15, 0.2) is 4.90 Å². The van der Waals surface area contributed by atoms with Crippen LogP contribution >= 0.6 is 0 Å². The monoisotopic (exact) mass is 348 g/mol. The molecular weight excluding hydrogens is 324 g/mol. The number of ether oxygens (including phenoxy) is 4. The average molecular weight is 348 g/mol. The molecule has 1 rings (SSSR count). The Morgan fingerprint density at radius 3 is 2.00 bits per heavy atom. The van der Waals surface area contributed by atoms with Crippen molar-refractivity contribution >= 4 is 10.0 Å². The third kappa shape index (κ3) is 5.54. The van der Waals surface area contributed by atoms with Crippen LogP contribution in [-0.2, 0) is 14.8 Å². The van der Waals surface area contributed by atoms with Crippen LogP contribution in [0.2, 0.25) is 0 Å². The van der Waals surface area contributed by atoms with E-state index in [0.717, 1.165) is 0 Å². The summed E-state index contributed by atoms with van der Waals surface area (Å²) in [5.74, 6) is 0.751. The summed E-state index contributed by atoms with van der Waals surface area (Å²) in [6.07, 6.45) is 0. The Hall–Kier alpha value is -1.55. The Bertz CT molecular complexity index is 566. The molecule has 0 amide bonds. The summed E-state index contributed by atoms with van der Waals surface area (Å²) in [5, 5.41) is 3.05. The first-order valence-electron chi connectivity index (χ1n) is 6.99. The van der Waals surface area contributed by atoms with E-state index in [4.69, 9.17) is 18.9 Å². The molecule has 1 aromatic carbocycles. The predicted octanol–water partition coefficient (Wildman–Crippen LogP) is 0.227. The molecule has 0 spiro atoms. The van der Waals surface area contributed by atoms with E-state index in [9.17, 15) is 8.42 Å². The molecule has 1 aromatic rings. The van der Waals surface area contributed by atoms with Crippen LogP contribution in [-0.4, -0.2) is 63.1 Å². The van der Waals surface area contributed by atoms with Gasteiger partial charge < -0.3 is 24.3 Å². The quantitative estimate of drug-likeness (QED) is 0.553. The number of nitrogens with one attached hydrogen (secondary N) is 2. The molecule has 0 saturated heterocycles. The van der Waals surface area contributed by atoms with Crippen molar-refractivity contribution in [3.8, 4) is 17.2 Å². The van der Waals surface area contributed by atoms with Crippen molar-refractivity contribution in [2.45, 2.75) is 4.90 Å². The van der Waals surface area contributed by atoms with Crippen LogP contribution in [0, 0.1) is 0 Å². The molecule has 0 fully saturated rings. The van der Waals surface area contributed by atoms with Gasteiger partial charge in [-0.3, -0.25) is 0 Å². The molecule has 132 valence electrons. The lowest BCUT2D eigenvalue weighted by Gasteiger charge is -2.15. The van der Waals surface area contributed by atoms with Crippen LogP contribution in [0.3, 0.4) is 0 Å². The van der Waals surface area contributed by atoms with E-state index in [2.05, 4.69) is 10.0 Å². The highest BCUT2D eigenvalue weighted by molar-refractivity contribution is 7.89. The molecule has 0 unspecified atom stereocenters. The summed E-state index contributed by atoms with van der Waals surface area (Å²) in [6.45, 7) is 1.91. The largest absolute Gasteiger partial charge is 0.496 e. The molecule has 0 aliphatic heterocycles. The Morgan fingerprint density at radius 1 is 0.913 bits per heavy atom. The van der Waals surface area contributed by atoms with Gasteiger partial charge in [-0.05, 0) is 0 Å². The maximum Gasteiger partial charge on any atom is 0.248 e. The van der Waals surface area contributed by atoms with E-state index >= 15 is 0 Å². The zero-order chi connectivity index (χ0) is 17.3. The van der Waals surface area contributed by atoms with Crippen LogP contribution in [0.25, 0.3) is 0 Å². The van der Waals surface area contributed by atoms with Gasteiger partial charge in [-0.1, -0.05) is 0 Å². The third-order valence-corrected chi connectivity index (χ3v) is 4.54. The zero-order valence-corrected chi connectivity index (χ0v) is 14.7. The summed E-state index contributed by atoms with van der Waals surface area (Å²) in [4.78, 5) is -0.0554. The lowest BCUT2D eigenvalue weighted by Crippen LogP contribution is -2.33. The predicted molar refractivity (Wildman–Crippen MR) is 86.0 cm³/mol. The molecule has 0 aromatic heterocycles. The Kier molecular flexibility index (Phi) is 8.10. The molecule has 0 atom stereocenters. The molecule has 23 heavy (non-hydrogen) atoms. The van der Waals surface area contributed by atoms with E-state index in [-0.39, 0.29) is 22.9 Å². The number of methoxy groups -OCH3 is 4. The minimum Gasteiger partial charge on any atom is -0.496 e. The minimum absolute atomic E-state index is 0.0554. The Morgan fingerprint density at radius 2 is 1.52 bits per heavy atom. The normalized spacial score (nSPS) is 11.3. The van der Waals surface area contributed by atoms with Crippen molar-refractivity contribution in [2.24, 2.45) is 0 Å². The van der Waals surface area contributed by atoms with Gasteiger partial charge in [0.1, 0.15) is 17.2 Å². The molecule has 0 saturated carbocycles. The second-order valence-electron chi connectivity index (χ2n) is 4.50. The number of hydrogen-bond donors (Lipinski definition) is 2. The van der Waals surface area contributed by atoms with Crippen LogP contribution in [0.15, 0.2) is 17.0 Å². The second-order valence-corrected chi connectivity index (χ2v) is 6.21. The second kappa shape index (κ2) is 9.56. The standard InChI is InChI=1S/C14H24N2O6S/c1-19-8-7-15-5-6-16-23(17,18)14-12(21-3)9-11(20-2)10-13(14)22-4/h9-10,15-16H,5-8H2,1-4H3. The molecule has 2 N–H and O–H groups in total. The van der Waals surface area contributed by atoms with E-state index in [1.807, 2.05) is 0 Å². The van der Waals surface area contributed by atoms with Crippen molar-refractivity contribution < 1.29 is 27.4 Å². The summed E-state index contributed by atoms with van der Waals surface area (Å²) < 4.78 is 47.9. The molecule has 0 heterocycles. The van der Waals surface area contributed by atoms with Gasteiger partial charge >= 0.3 is 0 Å². The zero-order valence-electron chi connectivity index (χ0n) is 13.8. The van der Waals surface area contributed by atoms with Crippen molar-refractivity contribution in [3.05, 3.63) is 12.1 Å². The molecule has 0 aliphatic rings. The number of hydrogen-bond acceptors (Lipinski definition) is 7. The summed E-state index contributed by atoms with van der Waals surface area (Å²) in [7, 11) is 2.07. The van der Waals surface area contributed by atoms with Crippen molar-refractivity contribution in [3.63, 3.8) is 0 Å². The Labute approximate surface area is 137 Å². The fourth-order valence-corrected chi connectivity index (χ4v) is 3.21. The van der Waals surface area contributed by atoms with E-state index in [0.29, 0.717) is 25.4 Å². The van der Waals surface area contributed by atoms with Crippen molar-refractivity contribution in [1.82, 2.24) is 10.0 Å². The van der Waals surface area contributed by atoms with Gasteiger partial charge in [-0.25, -0.2) is 13.1 Å². The molecular formula is C14H24N2O6S. The highest BCUT2D eigenvalue weighted by atomic mass is 32.2. The van der Waals surface area contributed by atoms with E-state index in [1.165, 1.54) is 33.5 Å². The number of benzene rings is 1. The first-order valence-corrected chi connectivity index (χ1v) is 8.47. The molecule has 9 heteroatoms. The summed E-state index contributed by atoms with van der Waals surface area (Å²) in [5.41, 5.74) is 0. The van der Waals surface area contributed by atoms with Crippen LogP contribution in [0.5, 0.6) is 17.2 Å². The molecule has 0 bridgehead atoms. The first kappa shape index (κ1) is 19.5. The SMILES string of the molecule is COCCNCCNS(=O)(=O)c1c(OC)cc(OC)cc1OC. The fraction of sp³-hybridized carbons (Fsp3) is 0.571.